The molecule has 0 radical (unpaired) electrons. The first-order chi connectivity index (χ1) is 26.0. The monoisotopic (exact) mass is 775 g/mol. The largest absolute Gasteiger partial charge is 0.462 e. The van der Waals surface area contributed by atoms with Crippen LogP contribution < -0.4 is 15.2 Å². The molecule has 1 aliphatic heterocycles. The molecule has 5 rings (SSSR count). The van der Waals surface area contributed by atoms with E-state index in [4.69, 9.17) is 29.4 Å². The zero-order chi connectivity index (χ0) is 41.5. The Hall–Kier alpha value is -5.44. The number of nitrogens with zero attached hydrogens (tertiary/aromatic N) is 4. The molecule has 0 saturated carbocycles. The minimum atomic E-state index is -1.40. The molecule has 4 aromatic rings. The van der Waals surface area contributed by atoms with Crippen molar-refractivity contribution in [3.8, 4) is 11.5 Å². The summed E-state index contributed by atoms with van der Waals surface area (Å²) in [6.45, 7) is 18.9. The zero-order valence-electron chi connectivity index (χ0n) is 33.8. The van der Waals surface area contributed by atoms with E-state index in [0.717, 1.165) is 22.3 Å². The van der Waals surface area contributed by atoms with Crippen molar-refractivity contribution in [3.63, 3.8) is 0 Å². The number of nitrogen functional groups attached to an aromatic ring is 1. The summed E-state index contributed by atoms with van der Waals surface area (Å²) >= 11 is 0. The molecule has 2 aromatic carbocycles. The molecule has 3 heterocycles. The van der Waals surface area contributed by atoms with Gasteiger partial charge in [-0.3, -0.25) is 23.7 Å². The van der Waals surface area contributed by atoms with Crippen LogP contribution in [0.5, 0.6) is 11.5 Å². The Morgan fingerprint density at radius 3 is 1.91 bits per heavy atom. The van der Waals surface area contributed by atoms with E-state index >= 15 is 0 Å². The summed E-state index contributed by atoms with van der Waals surface area (Å²) < 4.78 is 45.4. The number of nitrogens with two attached hydrogens (primary N) is 1. The molecule has 2 N–H and O–H groups in total. The molecule has 0 spiro atoms. The van der Waals surface area contributed by atoms with Gasteiger partial charge in [0.1, 0.15) is 36.0 Å². The second-order valence-corrected chi connectivity index (χ2v) is 16.2. The molecular weight excluding hydrogens is 725 g/mol. The van der Waals surface area contributed by atoms with Gasteiger partial charge in [-0.15, -0.1) is 0 Å². The van der Waals surface area contributed by atoms with Gasteiger partial charge in [0.2, 0.25) is 0 Å². The minimum absolute atomic E-state index is 0.0548. The Kier molecular flexibility index (Phi) is 11.6. The molecule has 1 saturated heterocycles. The molecule has 1 aliphatic rings. The van der Waals surface area contributed by atoms with Gasteiger partial charge in [-0.1, -0.05) is 39.8 Å². The third kappa shape index (κ3) is 8.99. The number of aryl methyl sites for hydroxylation is 4. The number of aromatic nitrogens is 4. The van der Waals surface area contributed by atoms with Gasteiger partial charge in [0.15, 0.2) is 17.0 Å². The van der Waals surface area contributed by atoms with Gasteiger partial charge in [0, 0.05) is 42.2 Å². The number of ether oxygens (including phenoxy) is 5. The summed E-state index contributed by atoms with van der Waals surface area (Å²) in [7, 11) is 0. The van der Waals surface area contributed by atoms with Crippen molar-refractivity contribution in [1.82, 2.24) is 19.5 Å². The Labute approximate surface area is 325 Å². The first-order valence-corrected chi connectivity index (χ1v) is 18.3. The third-order valence-corrected chi connectivity index (χ3v) is 9.95. The first kappa shape index (κ1) is 41.7. The molecular formula is C41H50FN5O9. The molecule has 3 atom stereocenters. The summed E-state index contributed by atoms with van der Waals surface area (Å²) in [5.74, 6) is -1.57. The van der Waals surface area contributed by atoms with Gasteiger partial charge < -0.3 is 29.4 Å². The van der Waals surface area contributed by atoms with Crippen LogP contribution in [0.1, 0.15) is 107 Å². The van der Waals surface area contributed by atoms with E-state index in [9.17, 15) is 23.6 Å². The van der Waals surface area contributed by atoms with Crippen molar-refractivity contribution in [2.75, 3.05) is 12.3 Å². The van der Waals surface area contributed by atoms with Crippen molar-refractivity contribution in [2.45, 2.75) is 124 Å². The van der Waals surface area contributed by atoms with Crippen molar-refractivity contribution in [1.29, 1.82) is 0 Å². The molecule has 1 fully saturated rings. The second kappa shape index (κ2) is 15.6. The third-order valence-electron chi connectivity index (χ3n) is 9.95. The molecule has 0 amide bonds. The first-order valence-electron chi connectivity index (χ1n) is 18.3. The number of carbonyl (C=O) groups excluding carboxylic acids is 4. The standard InChI is InChI=1S/C41H50FN5O9/c1-21-12-23(3)33(27(14-21)53-25(5)48)39(7,8)17-31(50)52-19-41(11)29(16-30(56-41)47-20-44-35-36(43)45-38(42)46-37(35)47)55-32(51)18-40(9,10)34-24(4)13-22(2)15-28(34)54-26(6)49/h12-15,20,29-30H,16-19H2,1-11H3,(H2,43,45,46)/t29-,30+,41+/m0/s1. The molecule has 2 aromatic heterocycles. The van der Waals surface area contributed by atoms with Crippen LogP contribution in [0.15, 0.2) is 30.6 Å². The number of halogens is 1. The summed E-state index contributed by atoms with van der Waals surface area (Å²) in [6, 6.07) is 7.41. The smallest absolute Gasteiger partial charge is 0.312 e. The molecule has 0 aliphatic carbocycles. The minimum Gasteiger partial charge on any atom is -0.462 e. The highest BCUT2D eigenvalue weighted by Gasteiger charge is 2.50. The van der Waals surface area contributed by atoms with Crippen LogP contribution in [0.2, 0.25) is 0 Å². The topological polar surface area (TPSA) is 184 Å². The fourth-order valence-corrected chi connectivity index (χ4v) is 7.89. The number of benzene rings is 2. The Morgan fingerprint density at radius 1 is 0.875 bits per heavy atom. The van der Waals surface area contributed by atoms with E-state index in [1.807, 2.05) is 67.5 Å². The Balaban J connectivity index is 1.41. The van der Waals surface area contributed by atoms with Gasteiger partial charge in [-0.2, -0.15) is 14.4 Å². The van der Waals surface area contributed by atoms with Crippen molar-refractivity contribution >= 4 is 40.9 Å². The number of fused-ring (bicyclic) bond motifs is 1. The van der Waals surface area contributed by atoms with E-state index in [1.165, 1.54) is 24.7 Å². The number of esters is 4. The molecule has 0 unspecified atom stereocenters. The van der Waals surface area contributed by atoms with Crippen LogP contribution in [0.3, 0.4) is 0 Å². The van der Waals surface area contributed by atoms with E-state index in [0.29, 0.717) is 22.6 Å². The summed E-state index contributed by atoms with van der Waals surface area (Å²) in [5, 5.41) is 0. The lowest BCUT2D eigenvalue weighted by Gasteiger charge is -2.33. The van der Waals surface area contributed by atoms with Gasteiger partial charge >= 0.3 is 30.0 Å². The Morgan fingerprint density at radius 2 is 1.39 bits per heavy atom. The number of imidazole rings is 1. The lowest BCUT2D eigenvalue weighted by Crippen LogP contribution is -2.44. The predicted molar refractivity (Wildman–Crippen MR) is 203 cm³/mol. The normalized spacial score (nSPS) is 18.5. The number of carbonyl (C=O) groups is 4. The average Bonchev–Trinajstić information content (AvgIpc) is 3.58. The fraction of sp³-hybridized carbons (Fsp3) is 0.488. The van der Waals surface area contributed by atoms with Gasteiger partial charge in [-0.25, -0.2) is 4.98 Å². The number of hydrogen-bond donors (Lipinski definition) is 1. The van der Waals surface area contributed by atoms with Gasteiger partial charge in [-0.05, 0) is 69.0 Å². The highest BCUT2D eigenvalue weighted by atomic mass is 19.1. The molecule has 0 bridgehead atoms. The molecule has 56 heavy (non-hydrogen) atoms. The Bertz CT molecular complexity index is 2210. The summed E-state index contributed by atoms with van der Waals surface area (Å²) in [4.78, 5) is 63.2. The molecule has 14 nitrogen and oxygen atoms in total. The highest BCUT2D eigenvalue weighted by molar-refractivity contribution is 5.81. The molecule has 15 heteroatoms. The molecule has 300 valence electrons. The van der Waals surface area contributed by atoms with Crippen molar-refractivity contribution in [3.05, 3.63) is 70.1 Å². The van der Waals surface area contributed by atoms with E-state index in [-0.39, 0.29) is 42.9 Å². The lowest BCUT2D eigenvalue weighted by atomic mass is 9.78. The lowest BCUT2D eigenvalue weighted by molar-refractivity contribution is -0.175. The van der Waals surface area contributed by atoms with Crippen LogP contribution in [0, 0.1) is 33.8 Å². The van der Waals surface area contributed by atoms with Gasteiger partial charge in [0.05, 0.1) is 19.2 Å². The maximum Gasteiger partial charge on any atom is 0.312 e. The quantitative estimate of drug-likeness (QED) is 0.0936. The zero-order valence-corrected chi connectivity index (χ0v) is 33.8. The SMILES string of the molecule is CC(=O)Oc1cc(C)cc(C)c1C(C)(C)CC(=O)OC[C@@]1(C)O[C@@H](n2cnc3c(N)nc(F)nc32)C[C@@H]1OC(=O)CC(C)(C)c1c(C)cc(C)cc1OC(C)=O. The summed E-state index contributed by atoms with van der Waals surface area (Å²) in [5.41, 5.74) is 7.90. The van der Waals surface area contributed by atoms with Crippen LogP contribution in [0.4, 0.5) is 10.2 Å². The van der Waals surface area contributed by atoms with E-state index < -0.39 is 58.7 Å². The van der Waals surface area contributed by atoms with E-state index in [2.05, 4.69) is 15.0 Å². The second-order valence-electron chi connectivity index (χ2n) is 16.2. The van der Waals surface area contributed by atoms with Crippen LogP contribution in [0.25, 0.3) is 11.2 Å². The number of hydrogen-bond acceptors (Lipinski definition) is 13. The summed E-state index contributed by atoms with van der Waals surface area (Å²) in [6.07, 6.45) is -1.69. The predicted octanol–water partition coefficient (Wildman–Crippen LogP) is 6.50. The maximum absolute atomic E-state index is 14.3. The average molecular weight is 776 g/mol. The van der Waals surface area contributed by atoms with Crippen molar-refractivity contribution in [2.24, 2.45) is 0 Å². The van der Waals surface area contributed by atoms with Gasteiger partial charge in [0.25, 0.3) is 0 Å². The number of rotatable bonds is 12. The van der Waals surface area contributed by atoms with E-state index in [1.54, 1.807) is 19.1 Å². The maximum atomic E-state index is 14.3. The fourth-order valence-electron chi connectivity index (χ4n) is 7.89. The number of anilines is 1. The highest BCUT2D eigenvalue weighted by Crippen LogP contribution is 2.43. The van der Waals surface area contributed by atoms with Crippen LogP contribution >= 0.6 is 0 Å². The van der Waals surface area contributed by atoms with Crippen LogP contribution in [-0.2, 0) is 44.2 Å². The van der Waals surface area contributed by atoms with Crippen LogP contribution in [-0.4, -0.2) is 61.7 Å². The van der Waals surface area contributed by atoms with Crippen molar-refractivity contribution < 1.29 is 47.3 Å².